The molecular formula is C36H52O10. The number of rotatable bonds is 6. The maximum absolute atomic E-state index is 14.3. The van der Waals surface area contributed by atoms with Crippen molar-refractivity contribution in [1.29, 1.82) is 0 Å². The van der Waals surface area contributed by atoms with E-state index in [9.17, 15) is 45.6 Å². The maximum Gasteiger partial charge on any atom is 0.160 e. The van der Waals surface area contributed by atoms with Gasteiger partial charge in [-0.15, -0.1) is 0 Å². The molecule has 0 aromatic heterocycles. The summed E-state index contributed by atoms with van der Waals surface area (Å²) in [6.45, 7) is 11.3. The molecule has 5 aliphatic rings. The van der Waals surface area contributed by atoms with Gasteiger partial charge in [-0.2, -0.15) is 0 Å². The Morgan fingerprint density at radius 2 is 1.63 bits per heavy atom. The molecule has 1 aromatic rings. The number of ether oxygens (including phenoxy) is 1. The van der Waals surface area contributed by atoms with Crippen LogP contribution in [0.3, 0.4) is 0 Å². The summed E-state index contributed by atoms with van der Waals surface area (Å²) in [4.78, 5) is 14.3. The minimum Gasteiger partial charge on any atom is -0.508 e. The minimum atomic E-state index is -1.60. The van der Waals surface area contributed by atoms with Crippen LogP contribution in [0.15, 0.2) is 29.8 Å². The fourth-order valence-corrected chi connectivity index (χ4v) is 11.2. The SMILES string of the molecule is CC(C)[C@H](C)[C@H](O)[C@H]1O[C@H]2C[C@]3(O)C4=CC(=O)[C@H]5[C@H](c6cc(O)cc(O)c6)[C@@H](O)[C@@H](O)C[C@]5(C)[C@@H]4C[C@H](CCO)[C@]3(C)[C@@H]2[C@@]1(C)O. The van der Waals surface area contributed by atoms with E-state index in [0.717, 1.165) is 6.07 Å². The molecule has 0 radical (unpaired) electrons. The molecule has 1 saturated heterocycles. The van der Waals surface area contributed by atoms with Gasteiger partial charge in [0.25, 0.3) is 0 Å². The molecule has 6 rings (SSSR count). The van der Waals surface area contributed by atoms with E-state index >= 15 is 0 Å². The highest BCUT2D eigenvalue weighted by Crippen LogP contribution is 2.73. The van der Waals surface area contributed by atoms with Crippen molar-refractivity contribution in [2.75, 3.05) is 6.61 Å². The molecular weight excluding hydrogens is 592 g/mol. The van der Waals surface area contributed by atoms with Crippen molar-refractivity contribution >= 4 is 5.78 Å². The summed E-state index contributed by atoms with van der Waals surface area (Å²) >= 11 is 0. The molecule has 4 aliphatic carbocycles. The highest BCUT2D eigenvalue weighted by Gasteiger charge is 2.77. The zero-order valence-electron chi connectivity index (χ0n) is 27.7. The standard InChI is InChI=1S/C36H52O10/c1-16(2)17(3)29(42)32-35(6,44)31-26(46-32)15-36(45)23-13-24(40)28-27(18-9-20(38)12-21(39)10-18)30(43)25(41)14-33(28,4)22(23)11-19(7-8-37)34(31,36)5/h9-10,12-13,16-17,19,22,25-32,37-39,41-45H,7-8,11,14-15H2,1-6H3/t17-,19-,22+,25-,26-,27-,28-,29-,30-,31+,32+,33+,34+,35+,36-/m0/s1. The van der Waals surface area contributed by atoms with Gasteiger partial charge in [-0.25, -0.2) is 0 Å². The fraction of sp³-hybridized carbons (Fsp3) is 0.750. The maximum atomic E-state index is 14.3. The molecule has 4 fully saturated rings. The van der Waals surface area contributed by atoms with Crippen LogP contribution in [0, 0.1) is 46.3 Å². The first kappa shape index (κ1) is 33.8. The third kappa shape index (κ3) is 4.43. The van der Waals surface area contributed by atoms with Crippen LogP contribution in [0.25, 0.3) is 0 Å². The van der Waals surface area contributed by atoms with Crippen molar-refractivity contribution in [3.05, 3.63) is 35.4 Å². The summed E-state index contributed by atoms with van der Waals surface area (Å²) in [5.41, 5.74) is -4.24. The molecule has 256 valence electrons. The molecule has 46 heavy (non-hydrogen) atoms. The number of allylic oxidation sites excluding steroid dienone is 1. The Bertz CT molecular complexity index is 1390. The lowest BCUT2D eigenvalue weighted by Gasteiger charge is -2.64. The van der Waals surface area contributed by atoms with Crippen LogP contribution in [0.1, 0.15) is 78.7 Å². The number of aromatic hydroxyl groups is 2. The molecule has 15 atom stereocenters. The van der Waals surface area contributed by atoms with Crippen molar-refractivity contribution in [3.63, 3.8) is 0 Å². The van der Waals surface area contributed by atoms with E-state index in [-0.39, 0.29) is 54.5 Å². The van der Waals surface area contributed by atoms with Crippen LogP contribution >= 0.6 is 0 Å². The van der Waals surface area contributed by atoms with Crippen molar-refractivity contribution in [3.8, 4) is 11.5 Å². The minimum absolute atomic E-state index is 0.0783. The molecule has 8 N–H and O–H groups in total. The molecule has 1 aliphatic heterocycles. The smallest absolute Gasteiger partial charge is 0.160 e. The van der Waals surface area contributed by atoms with E-state index in [4.69, 9.17) is 4.74 Å². The van der Waals surface area contributed by atoms with Crippen LogP contribution in [0.5, 0.6) is 11.5 Å². The lowest BCUT2D eigenvalue weighted by Crippen LogP contribution is -2.66. The molecule has 1 heterocycles. The highest BCUT2D eigenvalue weighted by molar-refractivity contribution is 5.96. The molecule has 0 bridgehead atoms. The number of ketones is 1. The quantitative estimate of drug-likeness (QED) is 0.228. The Hall–Kier alpha value is -2.05. The zero-order chi connectivity index (χ0) is 33.9. The summed E-state index contributed by atoms with van der Waals surface area (Å²) in [7, 11) is 0. The number of phenolic OH excluding ortho intramolecular Hbond substituents is 2. The van der Waals surface area contributed by atoms with Crippen molar-refractivity contribution < 1.29 is 50.4 Å². The van der Waals surface area contributed by atoms with Crippen molar-refractivity contribution in [2.45, 2.75) is 115 Å². The van der Waals surface area contributed by atoms with Gasteiger partial charge in [-0.3, -0.25) is 4.79 Å². The molecule has 10 nitrogen and oxygen atoms in total. The van der Waals surface area contributed by atoms with Crippen molar-refractivity contribution in [1.82, 2.24) is 0 Å². The van der Waals surface area contributed by atoms with Gasteiger partial charge in [0.05, 0.1) is 35.6 Å². The Labute approximate surface area is 270 Å². The van der Waals surface area contributed by atoms with Gasteiger partial charge in [-0.05, 0) is 84.6 Å². The Morgan fingerprint density at radius 1 is 1.00 bits per heavy atom. The first-order valence-electron chi connectivity index (χ1n) is 16.9. The number of aliphatic hydroxyl groups is 6. The second-order valence-corrected chi connectivity index (χ2v) is 16.3. The van der Waals surface area contributed by atoms with Crippen LogP contribution < -0.4 is 0 Å². The zero-order valence-corrected chi connectivity index (χ0v) is 27.7. The lowest BCUT2D eigenvalue weighted by molar-refractivity contribution is -0.194. The summed E-state index contributed by atoms with van der Waals surface area (Å²) in [5.74, 6) is -3.93. The number of carbonyl (C=O) groups is 1. The second-order valence-electron chi connectivity index (χ2n) is 16.3. The van der Waals surface area contributed by atoms with E-state index < -0.39 is 76.2 Å². The average Bonchev–Trinajstić information content (AvgIpc) is 3.36. The second kappa shape index (κ2) is 11.0. The molecule has 3 saturated carbocycles. The summed E-state index contributed by atoms with van der Waals surface area (Å²) < 4.78 is 6.49. The molecule has 0 amide bonds. The van der Waals surface area contributed by atoms with Gasteiger partial charge >= 0.3 is 0 Å². The lowest BCUT2D eigenvalue weighted by atomic mass is 9.41. The third-order valence-electron chi connectivity index (χ3n) is 13.7. The molecule has 0 spiro atoms. The Balaban J connectivity index is 1.47. The van der Waals surface area contributed by atoms with Crippen molar-refractivity contribution in [2.24, 2.45) is 46.3 Å². The van der Waals surface area contributed by atoms with Gasteiger partial charge in [-0.1, -0.05) is 34.6 Å². The number of hydrogen-bond donors (Lipinski definition) is 8. The Morgan fingerprint density at radius 3 is 2.22 bits per heavy atom. The number of benzene rings is 1. The van der Waals surface area contributed by atoms with Gasteiger partial charge in [0, 0.05) is 42.3 Å². The first-order valence-corrected chi connectivity index (χ1v) is 16.9. The topological polar surface area (TPSA) is 188 Å². The summed E-state index contributed by atoms with van der Waals surface area (Å²) in [6.07, 6.45) is -2.57. The normalized spacial score (nSPS) is 47.9. The first-order chi connectivity index (χ1) is 21.3. The van der Waals surface area contributed by atoms with E-state index in [1.165, 1.54) is 18.2 Å². The average molecular weight is 645 g/mol. The van der Waals surface area contributed by atoms with E-state index in [0.29, 0.717) is 24.0 Å². The van der Waals surface area contributed by atoms with Crippen LogP contribution in [-0.4, -0.2) is 95.0 Å². The van der Waals surface area contributed by atoms with E-state index in [1.54, 1.807) is 6.92 Å². The molecule has 0 unspecified atom stereocenters. The number of aliphatic hydroxyl groups excluding tert-OH is 4. The van der Waals surface area contributed by atoms with Crippen LogP contribution in [0.4, 0.5) is 0 Å². The predicted molar refractivity (Wildman–Crippen MR) is 168 cm³/mol. The number of hydrogen-bond acceptors (Lipinski definition) is 10. The monoisotopic (exact) mass is 644 g/mol. The van der Waals surface area contributed by atoms with Gasteiger partial charge in [0.1, 0.15) is 17.6 Å². The Kier molecular flexibility index (Phi) is 8.08. The van der Waals surface area contributed by atoms with Gasteiger partial charge < -0.3 is 45.6 Å². The van der Waals surface area contributed by atoms with Crippen LogP contribution in [0.2, 0.25) is 0 Å². The molecule has 1 aromatic carbocycles. The number of phenols is 2. The van der Waals surface area contributed by atoms with Gasteiger partial charge in [0.2, 0.25) is 0 Å². The fourth-order valence-electron chi connectivity index (χ4n) is 11.2. The van der Waals surface area contributed by atoms with E-state index in [2.05, 4.69) is 0 Å². The summed E-state index contributed by atoms with van der Waals surface area (Å²) in [6, 6.07) is 3.94. The largest absolute Gasteiger partial charge is 0.508 e. The van der Waals surface area contributed by atoms with Gasteiger partial charge in [0.15, 0.2) is 5.78 Å². The number of fused-ring (bicyclic) bond motifs is 7. The predicted octanol–water partition coefficient (Wildman–Crippen LogP) is 2.39. The highest BCUT2D eigenvalue weighted by atomic mass is 16.5. The third-order valence-corrected chi connectivity index (χ3v) is 13.7. The van der Waals surface area contributed by atoms with E-state index in [1.807, 2.05) is 34.6 Å². The number of carbonyl (C=O) groups excluding carboxylic acids is 1. The van der Waals surface area contributed by atoms with Crippen LogP contribution in [-0.2, 0) is 9.53 Å². The molecule has 10 heteroatoms. The summed E-state index contributed by atoms with van der Waals surface area (Å²) in [5, 5.41) is 90.0.